The minimum atomic E-state index is 0.398. The number of hydrogen-bond acceptors (Lipinski definition) is 3. The normalized spacial score (nSPS) is 21.8. The number of aryl methyl sites for hydroxylation is 1. The lowest BCUT2D eigenvalue weighted by atomic mass is 9.98. The molecule has 0 radical (unpaired) electrons. The third-order valence-corrected chi connectivity index (χ3v) is 3.66. The Morgan fingerprint density at radius 2 is 2.17 bits per heavy atom. The molecule has 3 heteroatoms. The van der Waals surface area contributed by atoms with Crippen LogP contribution in [0.5, 0.6) is 0 Å². The number of nitrogens with one attached hydrogen (secondary N) is 2. The van der Waals surface area contributed by atoms with Gasteiger partial charge in [0.1, 0.15) is 0 Å². The second-order valence-corrected chi connectivity index (χ2v) is 4.90. The minimum Gasteiger partial charge on any atom is -0.379 e. The molecule has 0 bridgehead atoms. The molecule has 2 atom stereocenters. The van der Waals surface area contributed by atoms with Crippen molar-refractivity contribution >= 4 is 0 Å². The van der Waals surface area contributed by atoms with E-state index < -0.39 is 0 Å². The third-order valence-electron chi connectivity index (χ3n) is 3.66. The Balaban J connectivity index is 1.97. The van der Waals surface area contributed by atoms with Crippen molar-refractivity contribution in [2.45, 2.75) is 31.8 Å². The Labute approximate surface area is 110 Å². The summed E-state index contributed by atoms with van der Waals surface area (Å²) in [6.45, 7) is 4.82. The van der Waals surface area contributed by atoms with E-state index >= 15 is 0 Å². The van der Waals surface area contributed by atoms with Crippen LogP contribution in [0.2, 0.25) is 0 Å². The van der Waals surface area contributed by atoms with Crippen LogP contribution in [0, 0.1) is 0 Å². The summed E-state index contributed by atoms with van der Waals surface area (Å²) in [6.07, 6.45) is 2.17. The molecular formula is C15H24N2O. The lowest BCUT2D eigenvalue weighted by Crippen LogP contribution is -2.43. The highest BCUT2D eigenvalue weighted by atomic mass is 16.5. The molecule has 2 N–H and O–H groups in total. The molecule has 1 heterocycles. The zero-order valence-corrected chi connectivity index (χ0v) is 11.4. The van der Waals surface area contributed by atoms with Crippen LogP contribution in [-0.4, -0.2) is 32.8 Å². The highest BCUT2D eigenvalue weighted by Gasteiger charge is 2.18. The van der Waals surface area contributed by atoms with E-state index in [-0.39, 0.29) is 0 Å². The van der Waals surface area contributed by atoms with Gasteiger partial charge in [0.05, 0.1) is 13.2 Å². The second kappa shape index (κ2) is 6.88. The van der Waals surface area contributed by atoms with Crippen LogP contribution >= 0.6 is 0 Å². The van der Waals surface area contributed by atoms with Crippen molar-refractivity contribution in [1.82, 2.24) is 10.6 Å². The Bertz CT molecular complexity index is 344. The first-order valence-corrected chi connectivity index (χ1v) is 6.90. The van der Waals surface area contributed by atoms with Crippen LogP contribution in [0.1, 0.15) is 30.5 Å². The van der Waals surface area contributed by atoms with E-state index in [2.05, 4.69) is 41.8 Å². The lowest BCUT2D eigenvalue weighted by molar-refractivity contribution is 0.0708. The molecule has 0 spiro atoms. The molecule has 0 aromatic heterocycles. The van der Waals surface area contributed by atoms with E-state index in [1.807, 2.05) is 7.05 Å². The van der Waals surface area contributed by atoms with Crippen LogP contribution in [-0.2, 0) is 11.2 Å². The molecule has 1 aromatic carbocycles. The van der Waals surface area contributed by atoms with E-state index in [0.717, 1.165) is 32.6 Å². The molecule has 0 amide bonds. The first kappa shape index (κ1) is 13.5. The van der Waals surface area contributed by atoms with E-state index in [1.54, 1.807) is 0 Å². The number of rotatable bonds is 5. The Kier molecular flexibility index (Phi) is 5.17. The fourth-order valence-corrected chi connectivity index (χ4v) is 2.46. The van der Waals surface area contributed by atoms with Crippen LogP contribution in [0.4, 0.5) is 0 Å². The van der Waals surface area contributed by atoms with E-state index in [4.69, 9.17) is 4.74 Å². The van der Waals surface area contributed by atoms with Gasteiger partial charge in [-0.3, -0.25) is 0 Å². The van der Waals surface area contributed by atoms with Crippen molar-refractivity contribution in [2.75, 3.05) is 26.8 Å². The second-order valence-electron chi connectivity index (χ2n) is 4.90. The maximum absolute atomic E-state index is 5.51. The monoisotopic (exact) mass is 248 g/mol. The standard InChI is InChI=1S/C15H24N2O/c1-3-12-4-6-13(7-5-12)15(16-2)10-14-11-18-9-8-17-14/h4-7,14-17H,3,8-11H2,1-2H3. The summed E-state index contributed by atoms with van der Waals surface area (Å²) in [5, 5.41) is 6.92. The Hall–Kier alpha value is -0.900. The summed E-state index contributed by atoms with van der Waals surface area (Å²) in [5.41, 5.74) is 2.76. The van der Waals surface area contributed by atoms with Gasteiger partial charge in [0.25, 0.3) is 0 Å². The van der Waals surface area contributed by atoms with Gasteiger partial charge in [-0.25, -0.2) is 0 Å². The first-order chi connectivity index (χ1) is 8.83. The number of ether oxygens (including phenoxy) is 1. The van der Waals surface area contributed by atoms with Crippen molar-refractivity contribution < 1.29 is 4.74 Å². The quantitative estimate of drug-likeness (QED) is 0.835. The number of morpholine rings is 1. The molecule has 2 rings (SSSR count). The summed E-state index contributed by atoms with van der Waals surface area (Å²) < 4.78 is 5.51. The van der Waals surface area contributed by atoms with Crippen LogP contribution < -0.4 is 10.6 Å². The summed E-state index contributed by atoms with van der Waals surface area (Å²) in [4.78, 5) is 0. The summed E-state index contributed by atoms with van der Waals surface area (Å²) in [7, 11) is 2.03. The predicted molar refractivity (Wildman–Crippen MR) is 74.8 cm³/mol. The van der Waals surface area contributed by atoms with Gasteiger partial charge in [0.2, 0.25) is 0 Å². The topological polar surface area (TPSA) is 33.3 Å². The average molecular weight is 248 g/mol. The molecule has 0 aliphatic carbocycles. The molecule has 0 saturated carbocycles. The molecule has 1 saturated heterocycles. The predicted octanol–water partition coefficient (Wildman–Crippen LogP) is 1.89. The lowest BCUT2D eigenvalue weighted by Gasteiger charge is -2.28. The summed E-state index contributed by atoms with van der Waals surface area (Å²) in [6, 6.07) is 9.79. The van der Waals surface area contributed by atoms with Gasteiger partial charge < -0.3 is 15.4 Å². The third kappa shape index (κ3) is 3.55. The fraction of sp³-hybridized carbons (Fsp3) is 0.600. The molecule has 3 nitrogen and oxygen atoms in total. The Morgan fingerprint density at radius 3 is 2.72 bits per heavy atom. The van der Waals surface area contributed by atoms with Crippen LogP contribution in [0.25, 0.3) is 0 Å². The summed E-state index contributed by atoms with van der Waals surface area (Å²) >= 11 is 0. The van der Waals surface area contributed by atoms with E-state index in [9.17, 15) is 0 Å². The van der Waals surface area contributed by atoms with Crippen molar-refractivity contribution in [3.63, 3.8) is 0 Å². The fourth-order valence-electron chi connectivity index (χ4n) is 2.46. The molecular weight excluding hydrogens is 224 g/mol. The molecule has 100 valence electrons. The highest BCUT2D eigenvalue weighted by Crippen LogP contribution is 2.19. The molecule has 18 heavy (non-hydrogen) atoms. The maximum atomic E-state index is 5.51. The number of benzene rings is 1. The summed E-state index contributed by atoms with van der Waals surface area (Å²) in [5.74, 6) is 0. The van der Waals surface area contributed by atoms with Gasteiger partial charge >= 0.3 is 0 Å². The van der Waals surface area contributed by atoms with Crippen molar-refractivity contribution in [3.05, 3.63) is 35.4 Å². The van der Waals surface area contributed by atoms with Gasteiger partial charge in [-0.1, -0.05) is 31.2 Å². The van der Waals surface area contributed by atoms with Crippen molar-refractivity contribution in [1.29, 1.82) is 0 Å². The van der Waals surface area contributed by atoms with Gasteiger partial charge in [-0.15, -0.1) is 0 Å². The smallest absolute Gasteiger partial charge is 0.0620 e. The van der Waals surface area contributed by atoms with E-state index in [1.165, 1.54) is 11.1 Å². The van der Waals surface area contributed by atoms with Gasteiger partial charge in [0.15, 0.2) is 0 Å². The molecule has 1 aromatic rings. The zero-order chi connectivity index (χ0) is 12.8. The van der Waals surface area contributed by atoms with Gasteiger partial charge in [0, 0.05) is 18.6 Å². The average Bonchev–Trinajstić information content (AvgIpc) is 2.46. The highest BCUT2D eigenvalue weighted by molar-refractivity contribution is 5.25. The van der Waals surface area contributed by atoms with Gasteiger partial charge in [-0.2, -0.15) is 0 Å². The first-order valence-electron chi connectivity index (χ1n) is 6.90. The molecule has 1 aliphatic rings. The molecule has 1 aliphatic heterocycles. The van der Waals surface area contributed by atoms with Crippen LogP contribution in [0.3, 0.4) is 0 Å². The van der Waals surface area contributed by atoms with Crippen LogP contribution in [0.15, 0.2) is 24.3 Å². The van der Waals surface area contributed by atoms with Gasteiger partial charge in [-0.05, 0) is 31.0 Å². The van der Waals surface area contributed by atoms with E-state index in [0.29, 0.717) is 12.1 Å². The molecule has 2 unspecified atom stereocenters. The SMILES string of the molecule is CCc1ccc(C(CC2COCCN2)NC)cc1. The van der Waals surface area contributed by atoms with Crippen molar-refractivity contribution in [3.8, 4) is 0 Å². The number of hydrogen-bond donors (Lipinski definition) is 2. The molecule has 1 fully saturated rings. The maximum Gasteiger partial charge on any atom is 0.0620 e. The van der Waals surface area contributed by atoms with Crippen molar-refractivity contribution in [2.24, 2.45) is 0 Å². The Morgan fingerprint density at radius 1 is 1.39 bits per heavy atom. The zero-order valence-electron chi connectivity index (χ0n) is 11.4. The largest absolute Gasteiger partial charge is 0.379 e. The minimum absolute atomic E-state index is 0.398.